The summed E-state index contributed by atoms with van der Waals surface area (Å²) in [4.78, 5) is 18.5. The number of hydrogen-bond acceptors (Lipinski definition) is 11. The highest BCUT2D eigenvalue weighted by molar-refractivity contribution is 6.02. The Labute approximate surface area is 296 Å². The average molecular weight is 698 g/mol. The van der Waals surface area contributed by atoms with Crippen LogP contribution in [0.3, 0.4) is 0 Å². The molecule has 2 heterocycles. The standard InChI is InChI=1S/C39H43N3O9/c1-23-5-8-32-30(13-23)39(47)41-38(40-32)25-7-9-34(29(14-25)21-45)49-11-3-4-12-50-37-17-24(6-10-35(37)48-2)36-18-33(42-51-36)26-15-27(19-43)31(22-46)28(16-26)20-44/h5-10,13-17,36,38,40,43-46H,3-4,11-12,18-22H2,1-2H3,(H,41,47). The number of carbonyl (C=O) groups is 1. The van der Waals surface area contributed by atoms with Crippen molar-refractivity contribution < 1.29 is 44.3 Å². The molecule has 0 radical (unpaired) electrons. The summed E-state index contributed by atoms with van der Waals surface area (Å²) >= 11 is 0. The second kappa shape index (κ2) is 16.3. The normalized spacial score (nSPS) is 16.4. The minimum atomic E-state index is -0.431. The van der Waals surface area contributed by atoms with E-state index in [1.807, 2.05) is 61.5 Å². The van der Waals surface area contributed by atoms with E-state index in [1.54, 1.807) is 19.2 Å². The molecule has 6 rings (SSSR count). The Kier molecular flexibility index (Phi) is 11.4. The molecule has 0 fully saturated rings. The molecule has 2 aliphatic rings. The fourth-order valence-electron chi connectivity index (χ4n) is 6.33. The molecule has 0 aromatic heterocycles. The number of aliphatic hydroxyl groups excluding tert-OH is 4. The fraction of sp³-hybridized carbons (Fsp3) is 0.333. The van der Waals surface area contributed by atoms with E-state index in [0.29, 0.717) is 88.8 Å². The molecule has 51 heavy (non-hydrogen) atoms. The highest BCUT2D eigenvalue weighted by atomic mass is 16.6. The highest BCUT2D eigenvalue weighted by Crippen LogP contribution is 2.36. The molecule has 4 aromatic rings. The molecular formula is C39H43N3O9. The number of ether oxygens (including phenoxy) is 3. The van der Waals surface area contributed by atoms with Crippen molar-refractivity contribution in [3.05, 3.63) is 117 Å². The number of fused-ring (bicyclic) bond motifs is 1. The predicted octanol–water partition coefficient (Wildman–Crippen LogP) is 4.93. The maximum Gasteiger partial charge on any atom is 0.255 e. The zero-order valence-electron chi connectivity index (χ0n) is 28.6. The molecular weight excluding hydrogens is 654 g/mol. The zero-order valence-corrected chi connectivity index (χ0v) is 28.6. The number of rotatable bonds is 15. The summed E-state index contributed by atoms with van der Waals surface area (Å²) in [7, 11) is 1.58. The van der Waals surface area contributed by atoms with Gasteiger partial charge in [-0.2, -0.15) is 0 Å². The number of oxime groups is 1. The summed E-state index contributed by atoms with van der Waals surface area (Å²) < 4.78 is 17.7. The van der Waals surface area contributed by atoms with Crippen molar-refractivity contribution in [1.29, 1.82) is 0 Å². The van der Waals surface area contributed by atoms with Gasteiger partial charge in [-0.1, -0.05) is 28.9 Å². The Morgan fingerprint density at radius 1 is 0.765 bits per heavy atom. The Morgan fingerprint density at radius 3 is 2.14 bits per heavy atom. The summed E-state index contributed by atoms with van der Waals surface area (Å²) in [6.07, 6.45) is 1.07. The summed E-state index contributed by atoms with van der Waals surface area (Å²) in [5.41, 5.74) is 7.64. The molecule has 0 bridgehead atoms. The molecule has 6 N–H and O–H groups in total. The topological polar surface area (TPSA) is 171 Å². The van der Waals surface area contributed by atoms with Gasteiger partial charge in [0.1, 0.15) is 11.9 Å². The van der Waals surface area contributed by atoms with Gasteiger partial charge in [-0.25, -0.2) is 0 Å². The minimum Gasteiger partial charge on any atom is -0.493 e. The lowest BCUT2D eigenvalue weighted by Gasteiger charge is -2.29. The lowest BCUT2D eigenvalue weighted by Crippen LogP contribution is -2.38. The summed E-state index contributed by atoms with van der Waals surface area (Å²) in [6.45, 7) is 1.75. The lowest BCUT2D eigenvalue weighted by molar-refractivity contribution is 0.0854. The number of anilines is 1. The third kappa shape index (κ3) is 7.94. The van der Waals surface area contributed by atoms with E-state index >= 15 is 0 Å². The van der Waals surface area contributed by atoms with Gasteiger partial charge in [0.2, 0.25) is 0 Å². The SMILES string of the molecule is COc1ccc(C2CC(c3cc(CO)c(CO)c(CO)c3)=NO2)cc1OCCCCOc1ccc(C2NC(=O)c3cc(C)ccc3N2)cc1CO. The van der Waals surface area contributed by atoms with Crippen molar-refractivity contribution in [3.63, 3.8) is 0 Å². The summed E-state index contributed by atoms with van der Waals surface area (Å²) in [5, 5.41) is 50.0. The molecule has 0 saturated heterocycles. The van der Waals surface area contributed by atoms with Crippen LogP contribution in [0.5, 0.6) is 17.2 Å². The third-order valence-electron chi connectivity index (χ3n) is 9.13. The van der Waals surface area contributed by atoms with E-state index in [2.05, 4.69) is 15.8 Å². The number of methoxy groups -OCH3 is 1. The maximum absolute atomic E-state index is 12.7. The zero-order chi connectivity index (χ0) is 35.9. The van der Waals surface area contributed by atoms with Gasteiger partial charge >= 0.3 is 0 Å². The van der Waals surface area contributed by atoms with Crippen LogP contribution in [-0.4, -0.2) is 52.4 Å². The average Bonchev–Trinajstić information content (AvgIpc) is 3.66. The fourth-order valence-corrected chi connectivity index (χ4v) is 6.33. The van der Waals surface area contributed by atoms with Crippen LogP contribution in [0.2, 0.25) is 0 Å². The van der Waals surface area contributed by atoms with Crippen LogP contribution in [0.25, 0.3) is 0 Å². The van der Waals surface area contributed by atoms with E-state index in [0.717, 1.165) is 22.4 Å². The number of unbranched alkanes of at least 4 members (excludes halogenated alkanes) is 1. The number of nitrogens with one attached hydrogen (secondary N) is 2. The van der Waals surface area contributed by atoms with Gasteiger partial charge in [-0.05, 0) is 96.1 Å². The van der Waals surface area contributed by atoms with Gasteiger partial charge < -0.3 is 50.1 Å². The molecule has 2 unspecified atom stereocenters. The second-order valence-corrected chi connectivity index (χ2v) is 12.5. The van der Waals surface area contributed by atoms with Crippen molar-refractivity contribution >= 4 is 17.3 Å². The van der Waals surface area contributed by atoms with Crippen LogP contribution in [-0.2, 0) is 31.3 Å². The number of nitrogens with zero attached hydrogens (tertiary/aromatic N) is 1. The van der Waals surface area contributed by atoms with Crippen molar-refractivity contribution in [2.24, 2.45) is 5.16 Å². The number of benzene rings is 4. The summed E-state index contributed by atoms with van der Waals surface area (Å²) in [6, 6.07) is 20.4. The Morgan fingerprint density at radius 2 is 1.45 bits per heavy atom. The quantitative estimate of drug-likeness (QED) is 0.0937. The first-order valence-corrected chi connectivity index (χ1v) is 16.9. The van der Waals surface area contributed by atoms with Gasteiger partial charge in [-0.15, -0.1) is 0 Å². The number of amides is 1. The third-order valence-corrected chi connectivity index (χ3v) is 9.13. The first-order chi connectivity index (χ1) is 24.8. The Balaban J connectivity index is 1.01. The molecule has 2 atom stereocenters. The van der Waals surface area contributed by atoms with Gasteiger partial charge in [-0.3, -0.25) is 4.79 Å². The van der Waals surface area contributed by atoms with Gasteiger partial charge in [0.05, 0.1) is 58.0 Å². The summed E-state index contributed by atoms with van der Waals surface area (Å²) in [5.74, 6) is 1.59. The monoisotopic (exact) mass is 697 g/mol. The predicted molar refractivity (Wildman–Crippen MR) is 190 cm³/mol. The van der Waals surface area contributed by atoms with E-state index in [4.69, 9.17) is 19.0 Å². The van der Waals surface area contributed by atoms with Crippen molar-refractivity contribution in [2.45, 2.75) is 64.9 Å². The number of hydrogen-bond donors (Lipinski definition) is 6. The van der Waals surface area contributed by atoms with E-state index in [-0.39, 0.29) is 38.4 Å². The Bertz CT molecular complexity index is 1890. The van der Waals surface area contributed by atoms with Gasteiger partial charge in [0.15, 0.2) is 17.6 Å². The van der Waals surface area contributed by atoms with Gasteiger partial charge in [0.25, 0.3) is 5.91 Å². The molecule has 268 valence electrons. The number of aryl methyl sites for hydroxylation is 1. The van der Waals surface area contributed by atoms with Crippen molar-refractivity contribution in [2.75, 3.05) is 25.6 Å². The van der Waals surface area contributed by atoms with Crippen LogP contribution in [0.1, 0.15) is 86.4 Å². The molecule has 12 nitrogen and oxygen atoms in total. The van der Waals surface area contributed by atoms with E-state index < -0.39 is 6.17 Å². The highest BCUT2D eigenvalue weighted by Gasteiger charge is 2.27. The van der Waals surface area contributed by atoms with Crippen LogP contribution >= 0.6 is 0 Å². The number of aliphatic hydroxyl groups is 4. The van der Waals surface area contributed by atoms with Crippen LogP contribution in [0.15, 0.2) is 71.9 Å². The molecule has 0 aliphatic carbocycles. The molecule has 2 aliphatic heterocycles. The molecule has 12 heteroatoms. The largest absolute Gasteiger partial charge is 0.493 e. The van der Waals surface area contributed by atoms with Crippen LogP contribution in [0.4, 0.5) is 5.69 Å². The smallest absolute Gasteiger partial charge is 0.255 e. The molecule has 1 amide bonds. The second-order valence-electron chi connectivity index (χ2n) is 12.5. The Hall–Kier alpha value is -5.14. The molecule has 0 spiro atoms. The van der Waals surface area contributed by atoms with Gasteiger partial charge in [0, 0.05) is 23.2 Å². The lowest BCUT2D eigenvalue weighted by atomic mass is 9.94. The van der Waals surface area contributed by atoms with Crippen molar-refractivity contribution in [3.8, 4) is 17.2 Å². The van der Waals surface area contributed by atoms with E-state index in [1.165, 1.54) is 0 Å². The van der Waals surface area contributed by atoms with Crippen LogP contribution < -0.4 is 24.8 Å². The molecule has 4 aromatic carbocycles. The van der Waals surface area contributed by atoms with Crippen LogP contribution in [0, 0.1) is 6.92 Å². The van der Waals surface area contributed by atoms with E-state index in [9.17, 15) is 25.2 Å². The minimum absolute atomic E-state index is 0.151. The first-order valence-electron chi connectivity index (χ1n) is 16.9. The molecule has 0 saturated carbocycles. The first kappa shape index (κ1) is 35.7. The maximum atomic E-state index is 12.7. The van der Waals surface area contributed by atoms with Crippen molar-refractivity contribution in [1.82, 2.24) is 5.32 Å². The number of carbonyl (C=O) groups excluding carboxylic acids is 1.